The largest absolute Gasteiger partial charge is 0.374 e. The zero-order valence-corrected chi connectivity index (χ0v) is 15.9. The van der Waals surface area contributed by atoms with Crippen LogP contribution in [0.5, 0.6) is 0 Å². The van der Waals surface area contributed by atoms with Crippen LogP contribution in [0.1, 0.15) is 51.1 Å². The topological polar surface area (TPSA) is 35.5 Å². The lowest BCUT2D eigenvalue weighted by atomic mass is 9.87. The summed E-state index contributed by atoms with van der Waals surface area (Å²) >= 11 is 0. The first-order valence-corrected chi connectivity index (χ1v) is 9.91. The molecule has 1 aliphatic heterocycles. The van der Waals surface area contributed by atoms with Gasteiger partial charge in [-0.25, -0.2) is 4.39 Å². The molecule has 0 radical (unpaired) electrons. The summed E-state index contributed by atoms with van der Waals surface area (Å²) in [6, 6.07) is 22.0. The number of carbonyl (C=O) groups excluding carboxylic acids is 1. The highest BCUT2D eigenvalue weighted by Crippen LogP contribution is 2.49. The van der Waals surface area contributed by atoms with E-state index in [1.54, 1.807) is 6.07 Å². The molecule has 3 aromatic rings. The van der Waals surface area contributed by atoms with Gasteiger partial charge in [-0.3, -0.25) is 4.79 Å². The number of carbonyl (C=O) groups is 1. The van der Waals surface area contributed by atoms with Gasteiger partial charge in [-0.2, -0.15) is 0 Å². The number of rotatable bonds is 4. The third kappa shape index (κ3) is 3.39. The summed E-state index contributed by atoms with van der Waals surface area (Å²) in [5, 5.41) is 0. The summed E-state index contributed by atoms with van der Waals surface area (Å²) in [5.74, 6) is -0.414. The Morgan fingerprint density at radius 2 is 1.69 bits per heavy atom. The fraction of sp³-hybridized carbons (Fsp3) is 0.240. The van der Waals surface area contributed by atoms with Crippen molar-refractivity contribution in [1.29, 1.82) is 0 Å². The molecule has 3 aromatic carbocycles. The van der Waals surface area contributed by atoms with Crippen LogP contribution in [0.4, 0.5) is 4.39 Å². The molecule has 0 bridgehead atoms. The van der Waals surface area contributed by atoms with Gasteiger partial charge in [0.05, 0.1) is 25.4 Å². The normalized spacial score (nSPS) is 22.5. The highest BCUT2D eigenvalue weighted by molar-refractivity contribution is 6.11. The number of ether oxygens (including phenoxy) is 2. The molecule has 0 spiro atoms. The summed E-state index contributed by atoms with van der Waals surface area (Å²) in [5.41, 5.74) is 3.94. The van der Waals surface area contributed by atoms with Gasteiger partial charge in [-0.15, -0.1) is 0 Å². The van der Waals surface area contributed by atoms with Crippen molar-refractivity contribution >= 4 is 5.78 Å². The van der Waals surface area contributed by atoms with E-state index in [1.807, 2.05) is 54.6 Å². The highest BCUT2D eigenvalue weighted by atomic mass is 19.1. The van der Waals surface area contributed by atoms with E-state index in [9.17, 15) is 9.18 Å². The fourth-order valence-corrected chi connectivity index (χ4v) is 4.48. The average molecular weight is 388 g/mol. The third-order valence-corrected chi connectivity index (χ3v) is 5.81. The van der Waals surface area contributed by atoms with Crippen LogP contribution in [0.3, 0.4) is 0 Å². The van der Waals surface area contributed by atoms with Crippen LogP contribution in [0, 0.1) is 5.82 Å². The van der Waals surface area contributed by atoms with E-state index in [4.69, 9.17) is 9.47 Å². The van der Waals surface area contributed by atoms with Gasteiger partial charge in [0.1, 0.15) is 5.82 Å². The predicted octanol–water partition coefficient (Wildman–Crippen LogP) is 5.20. The third-order valence-electron chi connectivity index (χ3n) is 5.81. The number of hydrogen-bond donors (Lipinski definition) is 0. The van der Waals surface area contributed by atoms with E-state index in [-0.39, 0.29) is 29.7 Å². The Labute approximate surface area is 169 Å². The Balaban J connectivity index is 1.42. The van der Waals surface area contributed by atoms with Crippen LogP contribution in [-0.2, 0) is 16.1 Å². The number of fused-ring (bicyclic) bond motifs is 5. The first-order valence-electron chi connectivity index (χ1n) is 9.91. The van der Waals surface area contributed by atoms with Crippen LogP contribution in [0.2, 0.25) is 0 Å². The second kappa shape index (κ2) is 7.54. The zero-order valence-electron chi connectivity index (χ0n) is 15.9. The second-order valence-electron chi connectivity index (χ2n) is 7.67. The molecule has 29 heavy (non-hydrogen) atoms. The molecule has 0 aromatic heterocycles. The highest BCUT2D eigenvalue weighted by Gasteiger charge is 2.42. The molecule has 3 atom stereocenters. The van der Waals surface area contributed by atoms with Gasteiger partial charge in [-0.05, 0) is 41.3 Å². The zero-order chi connectivity index (χ0) is 19.8. The van der Waals surface area contributed by atoms with Gasteiger partial charge in [0.2, 0.25) is 0 Å². The summed E-state index contributed by atoms with van der Waals surface area (Å²) in [4.78, 5) is 13.1. The molecular formula is C25H21FO3. The SMILES string of the molecule is O=C1c2ccccc2[C@H]2C[C@H](COCc3ccccc3)O[C@@H]2c2cc(F)ccc21. The van der Waals surface area contributed by atoms with Crippen LogP contribution in [0.25, 0.3) is 0 Å². The minimum absolute atomic E-state index is 0.00326. The first-order chi connectivity index (χ1) is 14.2. The Bertz CT molecular complexity index is 1050. The maximum Gasteiger partial charge on any atom is 0.193 e. The van der Waals surface area contributed by atoms with E-state index in [0.29, 0.717) is 29.9 Å². The summed E-state index contributed by atoms with van der Waals surface area (Å²) in [6.45, 7) is 0.985. The Morgan fingerprint density at radius 3 is 2.55 bits per heavy atom. The van der Waals surface area contributed by atoms with Crippen molar-refractivity contribution in [2.24, 2.45) is 0 Å². The summed E-state index contributed by atoms with van der Waals surface area (Å²) in [7, 11) is 0. The van der Waals surface area contributed by atoms with E-state index >= 15 is 0 Å². The minimum Gasteiger partial charge on any atom is -0.374 e. The molecule has 5 rings (SSSR count). The van der Waals surface area contributed by atoms with E-state index in [0.717, 1.165) is 17.5 Å². The maximum absolute atomic E-state index is 14.0. The van der Waals surface area contributed by atoms with Crippen LogP contribution < -0.4 is 0 Å². The van der Waals surface area contributed by atoms with E-state index in [2.05, 4.69) is 0 Å². The molecule has 1 saturated heterocycles. The monoisotopic (exact) mass is 388 g/mol. The lowest BCUT2D eigenvalue weighted by Crippen LogP contribution is -2.16. The van der Waals surface area contributed by atoms with Gasteiger partial charge in [-0.1, -0.05) is 54.6 Å². The fourth-order valence-electron chi connectivity index (χ4n) is 4.48. The number of ketones is 1. The van der Waals surface area contributed by atoms with Crippen LogP contribution in [0.15, 0.2) is 72.8 Å². The molecule has 0 amide bonds. The lowest BCUT2D eigenvalue weighted by molar-refractivity contribution is -0.0220. The van der Waals surface area contributed by atoms with Gasteiger partial charge < -0.3 is 9.47 Å². The predicted molar refractivity (Wildman–Crippen MR) is 107 cm³/mol. The van der Waals surface area contributed by atoms with Crippen molar-refractivity contribution in [2.75, 3.05) is 6.61 Å². The van der Waals surface area contributed by atoms with Crippen molar-refractivity contribution in [2.45, 2.75) is 31.2 Å². The molecule has 2 aliphatic rings. The van der Waals surface area contributed by atoms with E-state index in [1.165, 1.54) is 12.1 Å². The van der Waals surface area contributed by atoms with Crippen molar-refractivity contribution in [3.63, 3.8) is 0 Å². The van der Waals surface area contributed by atoms with Crippen molar-refractivity contribution in [3.8, 4) is 0 Å². The molecule has 0 unspecified atom stereocenters. The van der Waals surface area contributed by atoms with Crippen molar-refractivity contribution in [3.05, 3.63) is 106 Å². The molecule has 1 fully saturated rings. The summed E-state index contributed by atoms with van der Waals surface area (Å²) in [6.07, 6.45) is 0.282. The maximum atomic E-state index is 14.0. The summed E-state index contributed by atoms with van der Waals surface area (Å²) < 4.78 is 26.3. The van der Waals surface area contributed by atoms with Gasteiger partial charge >= 0.3 is 0 Å². The second-order valence-corrected chi connectivity index (χ2v) is 7.67. The average Bonchev–Trinajstić information content (AvgIpc) is 3.14. The van der Waals surface area contributed by atoms with E-state index < -0.39 is 0 Å². The molecule has 3 nitrogen and oxygen atoms in total. The Hall–Kier alpha value is -2.82. The van der Waals surface area contributed by atoms with Gasteiger partial charge in [0.15, 0.2) is 5.78 Å². The van der Waals surface area contributed by atoms with Crippen LogP contribution in [-0.4, -0.2) is 18.5 Å². The molecule has 0 N–H and O–H groups in total. The molecule has 0 saturated carbocycles. The molecule has 1 aliphatic carbocycles. The number of halogens is 1. The van der Waals surface area contributed by atoms with Crippen molar-refractivity contribution < 1.29 is 18.7 Å². The molecular weight excluding hydrogens is 367 g/mol. The Morgan fingerprint density at radius 1 is 0.931 bits per heavy atom. The smallest absolute Gasteiger partial charge is 0.193 e. The standard InChI is InChI=1S/C25H21FO3/c26-17-10-11-21-22(12-17)25-23(19-8-4-5-9-20(19)24(21)27)13-18(29-25)15-28-14-16-6-2-1-3-7-16/h1-12,18,23,25H,13-15H2/t18-,23-,25-/m1/s1. The lowest BCUT2D eigenvalue weighted by Gasteiger charge is -2.19. The van der Waals surface area contributed by atoms with Crippen LogP contribution >= 0.6 is 0 Å². The molecule has 146 valence electrons. The first kappa shape index (κ1) is 18.2. The van der Waals surface area contributed by atoms with Gasteiger partial charge in [0.25, 0.3) is 0 Å². The minimum atomic E-state index is -0.353. The number of benzene rings is 3. The van der Waals surface area contributed by atoms with Gasteiger partial charge in [0, 0.05) is 17.0 Å². The molecule has 1 heterocycles. The quantitative estimate of drug-likeness (QED) is 0.616. The molecule has 4 heteroatoms. The van der Waals surface area contributed by atoms with Crippen molar-refractivity contribution in [1.82, 2.24) is 0 Å². The Kier molecular flexibility index (Phi) is 4.74. The number of hydrogen-bond acceptors (Lipinski definition) is 3.